The molecule has 0 bridgehead atoms. The molecule has 32 heavy (non-hydrogen) atoms. The van der Waals surface area contributed by atoms with Crippen LogP contribution in [0.3, 0.4) is 0 Å². The Kier molecular flexibility index (Phi) is 14.5. The van der Waals surface area contributed by atoms with E-state index in [1.54, 1.807) is 0 Å². The van der Waals surface area contributed by atoms with Gasteiger partial charge in [0.2, 0.25) is 0 Å². The van der Waals surface area contributed by atoms with E-state index in [2.05, 4.69) is 104 Å². The third kappa shape index (κ3) is 12.4. The summed E-state index contributed by atoms with van der Waals surface area (Å²) in [4.78, 5) is 0. The van der Waals surface area contributed by atoms with Crippen LogP contribution < -0.4 is 11.1 Å². The summed E-state index contributed by atoms with van der Waals surface area (Å²) in [6.45, 7) is 0. The molecule has 168 valence electrons. The van der Waals surface area contributed by atoms with Crippen molar-refractivity contribution in [2.75, 3.05) is 11.1 Å². The summed E-state index contributed by atoms with van der Waals surface area (Å²) in [6.07, 6.45) is 0. The lowest BCUT2D eigenvalue weighted by Crippen LogP contribution is -1.88. The molecule has 2 nitrogen and oxygen atoms in total. The van der Waals surface area contributed by atoms with Gasteiger partial charge in [0.1, 0.15) is 0 Å². The Morgan fingerprint density at radius 2 is 1.06 bits per heavy atom. The van der Waals surface area contributed by atoms with Gasteiger partial charge in [-0.15, -0.1) is 0 Å². The van der Waals surface area contributed by atoms with Crippen molar-refractivity contribution in [2.45, 2.75) is 7.43 Å². The minimum absolute atomic E-state index is 0. The average molecular weight is 798 g/mol. The number of hydrogen-bond acceptors (Lipinski definition) is 2. The van der Waals surface area contributed by atoms with Gasteiger partial charge < -0.3 is 11.1 Å². The summed E-state index contributed by atoms with van der Waals surface area (Å²) in [5.74, 6) is 0. The van der Waals surface area contributed by atoms with Crippen molar-refractivity contribution in [3.63, 3.8) is 0 Å². The highest BCUT2D eigenvalue weighted by Gasteiger charge is 1.95. The zero-order valence-corrected chi connectivity index (χ0v) is 24.7. The van der Waals surface area contributed by atoms with Crippen LogP contribution in [0.5, 0.6) is 0 Å². The minimum Gasteiger partial charge on any atom is -0.399 e. The minimum atomic E-state index is 0. The van der Waals surface area contributed by atoms with Crippen LogP contribution in [0.15, 0.2) is 115 Å². The normalized spacial score (nSPS) is 9.28. The fourth-order valence-electron chi connectivity index (χ4n) is 2.19. The van der Waals surface area contributed by atoms with Crippen LogP contribution >= 0.6 is 86.3 Å². The van der Waals surface area contributed by atoms with Crippen LogP contribution in [0.2, 0.25) is 0 Å². The topological polar surface area (TPSA) is 38.0 Å². The lowest BCUT2D eigenvalue weighted by Gasteiger charge is -2.06. The molecular formula is C25H23Br4IN2. The Balaban J connectivity index is 0.000000257. The second kappa shape index (κ2) is 15.9. The van der Waals surface area contributed by atoms with Crippen molar-refractivity contribution >= 4 is 103 Å². The maximum absolute atomic E-state index is 5.41. The van der Waals surface area contributed by atoms with Gasteiger partial charge >= 0.3 is 0 Å². The maximum atomic E-state index is 5.41. The van der Waals surface area contributed by atoms with Gasteiger partial charge in [0.15, 0.2) is 0 Å². The van der Waals surface area contributed by atoms with E-state index in [4.69, 9.17) is 5.73 Å². The van der Waals surface area contributed by atoms with Gasteiger partial charge in [0.25, 0.3) is 0 Å². The van der Waals surface area contributed by atoms with Gasteiger partial charge in [-0.2, -0.15) is 0 Å². The van der Waals surface area contributed by atoms with E-state index in [0.717, 1.165) is 35.0 Å². The third-order valence-electron chi connectivity index (χ3n) is 3.61. The molecule has 0 aliphatic rings. The summed E-state index contributed by atoms with van der Waals surface area (Å²) >= 11 is 15.8. The first-order valence-electron chi connectivity index (χ1n) is 9.02. The first-order chi connectivity index (χ1) is 14.8. The molecule has 0 fully saturated rings. The molecule has 0 unspecified atom stereocenters. The summed E-state index contributed by atoms with van der Waals surface area (Å²) in [5.41, 5.74) is 8.36. The second-order valence-electron chi connectivity index (χ2n) is 6.13. The molecule has 7 heteroatoms. The molecule has 0 saturated heterocycles. The average Bonchev–Trinajstić information content (AvgIpc) is 2.73. The molecule has 0 aliphatic carbocycles. The molecule has 0 amide bonds. The Bertz CT molecular complexity index is 1030. The van der Waals surface area contributed by atoms with Gasteiger partial charge in [0.05, 0.1) is 0 Å². The maximum Gasteiger partial charge on any atom is 0.0395 e. The first kappa shape index (κ1) is 29.2. The zero-order chi connectivity index (χ0) is 22.6. The Hall–Kier alpha value is -0.870. The summed E-state index contributed by atoms with van der Waals surface area (Å²) in [6, 6.07) is 31.9. The van der Waals surface area contributed by atoms with Gasteiger partial charge in [-0.05, 0) is 108 Å². The number of benzene rings is 4. The molecule has 4 aromatic rings. The van der Waals surface area contributed by atoms with Crippen molar-refractivity contribution < 1.29 is 0 Å². The monoisotopic (exact) mass is 794 g/mol. The summed E-state index contributed by atoms with van der Waals surface area (Å²) < 4.78 is 5.62. The molecule has 0 aromatic heterocycles. The molecule has 4 rings (SSSR count). The van der Waals surface area contributed by atoms with Crippen LogP contribution in [0.25, 0.3) is 0 Å². The highest BCUT2D eigenvalue weighted by Crippen LogP contribution is 2.21. The number of rotatable bonds is 2. The number of nitrogens with two attached hydrogens (primary N) is 1. The van der Waals surface area contributed by atoms with E-state index in [1.807, 2.05) is 84.9 Å². The predicted molar refractivity (Wildman–Crippen MR) is 164 cm³/mol. The highest BCUT2D eigenvalue weighted by molar-refractivity contribution is 14.1. The van der Waals surface area contributed by atoms with Gasteiger partial charge in [-0.3, -0.25) is 0 Å². The molecule has 0 heterocycles. The van der Waals surface area contributed by atoms with E-state index in [-0.39, 0.29) is 7.43 Å². The van der Waals surface area contributed by atoms with E-state index in [1.165, 1.54) is 3.57 Å². The van der Waals surface area contributed by atoms with Gasteiger partial charge in [0, 0.05) is 38.5 Å². The number of hydrogen-bond donors (Lipinski definition) is 2. The van der Waals surface area contributed by atoms with Crippen molar-refractivity contribution in [1.82, 2.24) is 0 Å². The predicted octanol–water partition coefficient (Wildman–Crippen LogP) is 10.7. The Morgan fingerprint density at radius 1 is 0.562 bits per heavy atom. The molecule has 3 N–H and O–H groups in total. The van der Waals surface area contributed by atoms with E-state index < -0.39 is 0 Å². The fourth-order valence-corrected chi connectivity index (χ4v) is 4.49. The smallest absolute Gasteiger partial charge is 0.0395 e. The number of halogens is 5. The van der Waals surface area contributed by atoms with E-state index in [9.17, 15) is 0 Å². The number of nitrogen functional groups attached to an aromatic ring is 1. The van der Waals surface area contributed by atoms with Crippen molar-refractivity contribution in [1.29, 1.82) is 0 Å². The SMILES string of the molecule is Brc1ccc(Nc2cccc(Br)c2)cc1.Brc1cccc(I)c1.C.Nc1ccc(Br)cc1. The van der Waals surface area contributed by atoms with E-state index >= 15 is 0 Å². The molecule has 0 atom stereocenters. The largest absolute Gasteiger partial charge is 0.399 e. The molecule has 0 spiro atoms. The number of anilines is 3. The highest BCUT2D eigenvalue weighted by atomic mass is 127. The van der Waals surface area contributed by atoms with Crippen molar-refractivity contribution in [3.8, 4) is 0 Å². The standard InChI is InChI=1S/C12H9Br2N.C6H4BrI.C6H6BrN.CH4/c13-9-4-6-11(7-5-9)15-12-3-1-2-10(14)8-12;7-5-2-1-3-6(8)4-5;7-5-1-3-6(8)4-2-5;/h1-8,15H;1-4H;1-4H,8H2;1H4. The number of nitrogens with one attached hydrogen (secondary N) is 1. The van der Waals surface area contributed by atoms with Crippen LogP contribution in [0.4, 0.5) is 17.1 Å². The van der Waals surface area contributed by atoms with Crippen LogP contribution in [-0.4, -0.2) is 0 Å². The first-order valence-corrected chi connectivity index (χ1v) is 13.3. The molecule has 4 aromatic carbocycles. The molecular weight excluding hydrogens is 775 g/mol. The van der Waals surface area contributed by atoms with E-state index in [0.29, 0.717) is 0 Å². The Morgan fingerprint density at radius 3 is 1.50 bits per heavy atom. The third-order valence-corrected chi connectivity index (χ3v) is 6.33. The lowest BCUT2D eigenvalue weighted by atomic mass is 10.3. The van der Waals surface area contributed by atoms with Crippen molar-refractivity contribution in [3.05, 3.63) is 119 Å². The zero-order valence-electron chi connectivity index (χ0n) is 16.2. The molecule has 0 saturated carbocycles. The molecule has 0 aliphatic heterocycles. The van der Waals surface area contributed by atoms with Crippen LogP contribution in [0, 0.1) is 3.57 Å². The van der Waals surface area contributed by atoms with Crippen LogP contribution in [-0.2, 0) is 0 Å². The fraction of sp³-hybridized carbons (Fsp3) is 0.0400. The van der Waals surface area contributed by atoms with Crippen molar-refractivity contribution in [2.24, 2.45) is 0 Å². The van der Waals surface area contributed by atoms with Gasteiger partial charge in [-0.1, -0.05) is 83.3 Å². The lowest BCUT2D eigenvalue weighted by molar-refractivity contribution is 1.52. The summed E-state index contributed by atoms with van der Waals surface area (Å²) in [5, 5.41) is 3.32. The Labute approximate surface area is 238 Å². The quantitative estimate of drug-likeness (QED) is 0.157. The molecule has 0 radical (unpaired) electrons. The summed E-state index contributed by atoms with van der Waals surface area (Å²) in [7, 11) is 0. The second-order valence-corrected chi connectivity index (χ2v) is 11.0. The van der Waals surface area contributed by atoms with Crippen LogP contribution in [0.1, 0.15) is 7.43 Å². The van der Waals surface area contributed by atoms with Gasteiger partial charge in [-0.25, -0.2) is 0 Å².